The molecular weight excluding hydrogens is 162 g/mol. The third-order valence-corrected chi connectivity index (χ3v) is 2.46. The van der Waals surface area contributed by atoms with Gasteiger partial charge in [-0.25, -0.2) is 0 Å². The molecule has 1 aromatic rings. The largest absolute Gasteiger partial charge is 0.323 e. The maximum atomic E-state index is 10.7. The third-order valence-electron chi connectivity index (χ3n) is 1.90. The topological polar surface area (TPSA) is 57.8 Å². The fraction of sp³-hybridized carbons (Fsp3) is 0.667. The lowest BCUT2D eigenvalue weighted by atomic mass is 10.1. The molecule has 0 saturated carbocycles. The van der Waals surface area contributed by atoms with E-state index in [1.165, 1.54) is 0 Å². The molecule has 0 aromatic carbocycles. The minimum atomic E-state index is -0.0492. The number of hydrogen-bond acceptors (Lipinski definition) is 4. The predicted molar refractivity (Wildman–Crippen MR) is 43.0 cm³/mol. The fourth-order valence-electron chi connectivity index (χ4n) is 1.31. The van der Waals surface area contributed by atoms with Crippen LogP contribution in [0.3, 0.4) is 0 Å². The first-order chi connectivity index (χ1) is 5.36. The molecule has 1 unspecified atom stereocenters. The number of nitrogens with zero attached hydrogens (tertiary/aromatic N) is 1. The van der Waals surface area contributed by atoms with Crippen LogP contribution in [0.4, 0.5) is 0 Å². The number of hydrogen-bond donors (Lipinski definition) is 2. The van der Waals surface area contributed by atoms with Gasteiger partial charge in [0, 0.05) is 24.0 Å². The summed E-state index contributed by atoms with van der Waals surface area (Å²) in [4.78, 5) is 13.4. The van der Waals surface area contributed by atoms with Crippen molar-refractivity contribution in [1.29, 1.82) is 0 Å². The number of nitrogens with one attached hydrogen (secondary N) is 2. The molecule has 11 heavy (non-hydrogen) atoms. The summed E-state index contributed by atoms with van der Waals surface area (Å²) in [6.07, 6.45) is 1.08. The zero-order valence-corrected chi connectivity index (χ0v) is 6.78. The summed E-state index contributed by atoms with van der Waals surface area (Å²) in [5, 5.41) is 3.22. The molecule has 0 spiro atoms. The van der Waals surface area contributed by atoms with E-state index in [-0.39, 0.29) is 4.87 Å². The van der Waals surface area contributed by atoms with E-state index >= 15 is 0 Å². The smallest absolute Gasteiger partial charge is 0.316 e. The quantitative estimate of drug-likeness (QED) is 0.620. The van der Waals surface area contributed by atoms with Crippen LogP contribution < -0.4 is 10.2 Å². The second-order valence-electron chi connectivity index (χ2n) is 2.67. The number of rotatable bonds is 1. The van der Waals surface area contributed by atoms with Gasteiger partial charge in [0.1, 0.15) is 5.82 Å². The highest BCUT2D eigenvalue weighted by Gasteiger charge is 2.19. The Morgan fingerprint density at radius 3 is 3.09 bits per heavy atom. The molecule has 0 bridgehead atoms. The van der Waals surface area contributed by atoms with Crippen molar-refractivity contribution in [2.75, 3.05) is 13.1 Å². The van der Waals surface area contributed by atoms with E-state index in [0.717, 1.165) is 36.9 Å². The minimum absolute atomic E-state index is 0.0492. The highest BCUT2D eigenvalue weighted by Crippen LogP contribution is 2.17. The minimum Gasteiger partial charge on any atom is -0.316 e. The van der Waals surface area contributed by atoms with Crippen LogP contribution in [0.25, 0.3) is 0 Å². The molecule has 2 heterocycles. The Morgan fingerprint density at radius 1 is 1.64 bits per heavy atom. The van der Waals surface area contributed by atoms with Gasteiger partial charge >= 0.3 is 4.87 Å². The van der Waals surface area contributed by atoms with Crippen LogP contribution in [0.2, 0.25) is 0 Å². The van der Waals surface area contributed by atoms with Crippen molar-refractivity contribution in [3.8, 4) is 0 Å². The van der Waals surface area contributed by atoms with Crippen LogP contribution in [0.15, 0.2) is 4.79 Å². The van der Waals surface area contributed by atoms with Crippen molar-refractivity contribution < 1.29 is 0 Å². The standard InChI is InChI=1S/C6H9N3OS/c10-6-8-5(9-11-6)4-1-2-7-3-4/h4,7H,1-3H2,(H,8,9,10). The van der Waals surface area contributed by atoms with Gasteiger partial charge in [-0.2, -0.15) is 4.37 Å². The van der Waals surface area contributed by atoms with Crippen molar-refractivity contribution in [3.63, 3.8) is 0 Å². The summed E-state index contributed by atoms with van der Waals surface area (Å²) >= 11 is 1.00. The van der Waals surface area contributed by atoms with Gasteiger partial charge in [0.15, 0.2) is 0 Å². The summed E-state index contributed by atoms with van der Waals surface area (Å²) in [7, 11) is 0. The van der Waals surface area contributed by atoms with Crippen molar-refractivity contribution >= 4 is 11.5 Å². The van der Waals surface area contributed by atoms with Crippen molar-refractivity contribution in [1.82, 2.24) is 14.7 Å². The van der Waals surface area contributed by atoms with Gasteiger partial charge in [-0.15, -0.1) is 0 Å². The van der Waals surface area contributed by atoms with E-state index in [1.54, 1.807) is 0 Å². The van der Waals surface area contributed by atoms with Gasteiger partial charge in [-0.3, -0.25) is 9.78 Å². The van der Waals surface area contributed by atoms with Gasteiger partial charge in [-0.05, 0) is 13.0 Å². The Balaban J connectivity index is 2.21. The zero-order chi connectivity index (χ0) is 7.68. The maximum absolute atomic E-state index is 10.7. The van der Waals surface area contributed by atoms with Crippen molar-refractivity contribution in [3.05, 3.63) is 15.5 Å². The van der Waals surface area contributed by atoms with Gasteiger partial charge < -0.3 is 5.32 Å². The summed E-state index contributed by atoms with van der Waals surface area (Å²) in [5.74, 6) is 1.28. The van der Waals surface area contributed by atoms with E-state index in [1.807, 2.05) is 0 Å². The van der Waals surface area contributed by atoms with Crippen LogP contribution in [0, 0.1) is 0 Å². The number of aromatic nitrogens is 2. The van der Waals surface area contributed by atoms with Gasteiger partial charge in [0.05, 0.1) is 0 Å². The molecule has 60 valence electrons. The fourth-order valence-corrected chi connectivity index (χ4v) is 1.83. The first kappa shape index (κ1) is 7.00. The van der Waals surface area contributed by atoms with Crippen LogP contribution in [0.5, 0.6) is 0 Å². The lowest BCUT2D eigenvalue weighted by molar-refractivity contribution is 0.715. The zero-order valence-electron chi connectivity index (χ0n) is 5.96. The van der Waals surface area contributed by atoms with Gasteiger partial charge in [-0.1, -0.05) is 0 Å². The number of H-pyrrole nitrogens is 1. The molecule has 5 heteroatoms. The SMILES string of the molecule is O=c1[nH]c(C2CCNC2)ns1. The summed E-state index contributed by atoms with van der Waals surface area (Å²) < 4.78 is 4.03. The van der Waals surface area contributed by atoms with E-state index in [0.29, 0.717) is 5.92 Å². The second-order valence-corrected chi connectivity index (χ2v) is 3.41. The van der Waals surface area contributed by atoms with Crippen molar-refractivity contribution in [2.45, 2.75) is 12.3 Å². The monoisotopic (exact) mass is 171 g/mol. The first-order valence-corrected chi connectivity index (χ1v) is 4.40. The molecule has 1 aliphatic rings. The molecule has 1 atom stereocenters. The molecule has 0 amide bonds. The molecular formula is C6H9N3OS. The number of aromatic amines is 1. The Hall–Kier alpha value is -0.680. The molecule has 1 fully saturated rings. The normalized spacial score (nSPS) is 24.2. The molecule has 0 aliphatic carbocycles. The van der Waals surface area contributed by atoms with Crippen LogP contribution >= 0.6 is 11.5 Å². The Bertz CT molecular complexity index is 286. The summed E-state index contributed by atoms with van der Waals surface area (Å²) in [5.41, 5.74) is 0. The van der Waals surface area contributed by atoms with Crippen molar-refractivity contribution in [2.24, 2.45) is 0 Å². The van der Waals surface area contributed by atoms with Crippen LogP contribution in [0.1, 0.15) is 18.2 Å². The lowest BCUT2D eigenvalue weighted by Crippen LogP contribution is -2.09. The highest BCUT2D eigenvalue weighted by atomic mass is 32.1. The third kappa shape index (κ3) is 1.34. The Labute approximate surface area is 67.8 Å². The predicted octanol–water partition coefficient (Wildman–Crippen LogP) is -0.0917. The molecule has 2 N–H and O–H groups in total. The molecule has 2 rings (SSSR count). The maximum Gasteiger partial charge on any atom is 0.323 e. The highest BCUT2D eigenvalue weighted by molar-refractivity contribution is 7.02. The first-order valence-electron chi connectivity index (χ1n) is 3.63. The Kier molecular flexibility index (Phi) is 1.75. The molecule has 1 aliphatic heterocycles. The van der Waals surface area contributed by atoms with E-state index in [4.69, 9.17) is 0 Å². The van der Waals surface area contributed by atoms with Crippen LogP contribution in [-0.2, 0) is 0 Å². The Morgan fingerprint density at radius 2 is 2.55 bits per heavy atom. The molecule has 0 radical (unpaired) electrons. The molecule has 1 saturated heterocycles. The van der Waals surface area contributed by atoms with E-state index < -0.39 is 0 Å². The molecule has 4 nitrogen and oxygen atoms in total. The van der Waals surface area contributed by atoms with E-state index in [2.05, 4.69) is 14.7 Å². The molecule has 1 aromatic heterocycles. The summed E-state index contributed by atoms with van der Waals surface area (Å²) in [6, 6.07) is 0. The average Bonchev–Trinajstić information content (AvgIpc) is 2.55. The van der Waals surface area contributed by atoms with Crippen LogP contribution in [-0.4, -0.2) is 22.4 Å². The average molecular weight is 171 g/mol. The van der Waals surface area contributed by atoms with E-state index in [9.17, 15) is 4.79 Å². The van der Waals surface area contributed by atoms with Gasteiger partial charge in [0.2, 0.25) is 0 Å². The van der Waals surface area contributed by atoms with Gasteiger partial charge in [0.25, 0.3) is 0 Å². The summed E-state index contributed by atoms with van der Waals surface area (Å²) in [6.45, 7) is 1.98. The lowest BCUT2D eigenvalue weighted by Gasteiger charge is -2.00. The second kappa shape index (κ2) is 2.75.